The molecule has 3 nitrogen and oxygen atoms in total. The van der Waals surface area contributed by atoms with E-state index in [1.54, 1.807) is 11.3 Å². The Bertz CT molecular complexity index is 647. The molecule has 1 aromatic heterocycles. The lowest BCUT2D eigenvalue weighted by Crippen LogP contribution is -2.21. The molecule has 1 aliphatic heterocycles. The zero-order chi connectivity index (χ0) is 13.6. The maximum absolute atomic E-state index is 12.3. The number of nitrogens with two attached hydrogens (primary N) is 1. The number of aryl methyl sites for hydroxylation is 1. The van der Waals surface area contributed by atoms with Gasteiger partial charge in [0.15, 0.2) is 11.5 Å². The number of ether oxygens (including phenoxy) is 1. The monoisotopic (exact) mass is 273 g/mol. The number of benzene rings is 1. The number of anilines is 1. The van der Waals surface area contributed by atoms with Crippen molar-refractivity contribution in [2.24, 2.45) is 0 Å². The summed E-state index contributed by atoms with van der Waals surface area (Å²) in [5, 5.41) is 1.99. The van der Waals surface area contributed by atoms with Crippen LogP contribution >= 0.6 is 11.3 Å². The van der Waals surface area contributed by atoms with Gasteiger partial charge in [0.05, 0.1) is 17.7 Å². The smallest absolute Gasteiger partial charge is 0.170 e. The molecular formula is C15H15NO2S. The molecule has 0 radical (unpaired) electrons. The minimum atomic E-state index is -0.204. The van der Waals surface area contributed by atoms with Gasteiger partial charge in [0.25, 0.3) is 0 Å². The lowest BCUT2D eigenvalue weighted by atomic mass is 9.94. The summed E-state index contributed by atoms with van der Waals surface area (Å²) in [6, 6.07) is 5.84. The second-order valence-corrected chi connectivity index (χ2v) is 5.84. The summed E-state index contributed by atoms with van der Waals surface area (Å²) in [7, 11) is 0. The van der Waals surface area contributed by atoms with E-state index < -0.39 is 0 Å². The first-order chi connectivity index (χ1) is 9.08. The Balaban J connectivity index is 2.09. The van der Waals surface area contributed by atoms with Gasteiger partial charge >= 0.3 is 0 Å². The van der Waals surface area contributed by atoms with Crippen LogP contribution in [0.1, 0.15) is 38.9 Å². The minimum Gasteiger partial charge on any atom is -0.481 e. The quantitative estimate of drug-likeness (QED) is 0.807. The van der Waals surface area contributed by atoms with Crippen molar-refractivity contribution in [3.05, 3.63) is 45.1 Å². The van der Waals surface area contributed by atoms with Crippen molar-refractivity contribution in [1.82, 2.24) is 0 Å². The summed E-state index contributed by atoms with van der Waals surface area (Å²) in [5.41, 5.74) is 9.33. The van der Waals surface area contributed by atoms with Crippen LogP contribution in [0.2, 0.25) is 0 Å². The molecule has 0 fully saturated rings. The molecule has 1 aliphatic rings. The average molecular weight is 273 g/mol. The SMILES string of the molecule is Cc1cc2c(c(N)c1C)OC(c1cccs1)CC2=O. The van der Waals surface area contributed by atoms with Crippen LogP contribution in [-0.2, 0) is 0 Å². The fraction of sp³-hybridized carbons (Fsp3) is 0.267. The van der Waals surface area contributed by atoms with Crippen LogP contribution in [0.3, 0.4) is 0 Å². The minimum absolute atomic E-state index is 0.106. The first-order valence-electron chi connectivity index (χ1n) is 6.21. The highest BCUT2D eigenvalue weighted by molar-refractivity contribution is 7.10. The van der Waals surface area contributed by atoms with Crippen molar-refractivity contribution >= 4 is 22.8 Å². The molecule has 0 saturated carbocycles. The molecule has 2 heterocycles. The number of nitrogen functional groups attached to an aromatic ring is 1. The highest BCUT2D eigenvalue weighted by Gasteiger charge is 2.30. The molecule has 0 aliphatic carbocycles. The maximum atomic E-state index is 12.3. The number of carbonyl (C=O) groups excluding carboxylic acids is 1. The summed E-state index contributed by atoms with van der Waals surface area (Å²) < 4.78 is 5.98. The molecule has 1 aromatic carbocycles. The molecule has 2 aromatic rings. The topological polar surface area (TPSA) is 52.3 Å². The highest BCUT2D eigenvalue weighted by atomic mass is 32.1. The van der Waals surface area contributed by atoms with Gasteiger partial charge in [0, 0.05) is 4.88 Å². The second kappa shape index (κ2) is 4.38. The van der Waals surface area contributed by atoms with E-state index >= 15 is 0 Å². The zero-order valence-electron chi connectivity index (χ0n) is 10.9. The first kappa shape index (κ1) is 12.2. The molecular weight excluding hydrogens is 258 g/mol. The van der Waals surface area contributed by atoms with Crippen LogP contribution in [0.5, 0.6) is 5.75 Å². The van der Waals surface area contributed by atoms with Crippen LogP contribution in [0.4, 0.5) is 5.69 Å². The van der Waals surface area contributed by atoms with Crippen LogP contribution in [0, 0.1) is 13.8 Å². The Labute approximate surface area is 116 Å². The Morgan fingerprint density at radius 2 is 2.21 bits per heavy atom. The van der Waals surface area contributed by atoms with Gasteiger partial charge in [0.1, 0.15) is 6.10 Å². The summed E-state index contributed by atoms with van der Waals surface area (Å²) in [6.07, 6.45) is 0.180. The van der Waals surface area contributed by atoms with Crippen molar-refractivity contribution in [1.29, 1.82) is 0 Å². The van der Waals surface area contributed by atoms with E-state index in [0.717, 1.165) is 16.0 Å². The Hall–Kier alpha value is -1.81. The third kappa shape index (κ3) is 1.92. The van der Waals surface area contributed by atoms with Gasteiger partial charge in [0.2, 0.25) is 0 Å². The molecule has 0 spiro atoms. The number of Topliss-reactive ketones (excluding diaryl/α,β-unsaturated/α-hetero) is 1. The van der Waals surface area contributed by atoms with Crippen LogP contribution < -0.4 is 10.5 Å². The molecule has 1 unspecified atom stereocenters. The van der Waals surface area contributed by atoms with E-state index in [2.05, 4.69) is 0 Å². The highest BCUT2D eigenvalue weighted by Crippen LogP contribution is 2.41. The predicted molar refractivity (Wildman–Crippen MR) is 77.0 cm³/mol. The lowest BCUT2D eigenvalue weighted by molar-refractivity contribution is 0.0855. The summed E-state index contributed by atoms with van der Waals surface area (Å²) in [4.78, 5) is 13.3. The van der Waals surface area contributed by atoms with E-state index in [4.69, 9.17) is 10.5 Å². The molecule has 4 heteroatoms. The molecule has 98 valence electrons. The standard InChI is InChI=1S/C15H15NO2S/c1-8-6-10-11(17)7-12(13-4-3-5-19-13)18-15(10)14(16)9(8)2/h3-6,12H,7,16H2,1-2H3. The number of carbonyl (C=O) groups is 1. The maximum Gasteiger partial charge on any atom is 0.170 e. The third-order valence-electron chi connectivity index (χ3n) is 3.64. The number of thiophene rings is 1. The van der Waals surface area contributed by atoms with Gasteiger partial charge in [-0.1, -0.05) is 6.07 Å². The van der Waals surface area contributed by atoms with E-state index in [-0.39, 0.29) is 11.9 Å². The second-order valence-electron chi connectivity index (χ2n) is 4.86. The van der Waals surface area contributed by atoms with Gasteiger partial charge in [-0.2, -0.15) is 0 Å². The van der Waals surface area contributed by atoms with Gasteiger partial charge in [-0.25, -0.2) is 0 Å². The molecule has 2 N–H and O–H groups in total. The third-order valence-corrected chi connectivity index (χ3v) is 4.60. The number of rotatable bonds is 1. The van der Waals surface area contributed by atoms with Crippen LogP contribution in [-0.4, -0.2) is 5.78 Å². The Morgan fingerprint density at radius 3 is 2.89 bits per heavy atom. The molecule has 0 saturated heterocycles. The van der Waals surface area contributed by atoms with Crippen molar-refractivity contribution in [2.45, 2.75) is 26.4 Å². The van der Waals surface area contributed by atoms with Crippen molar-refractivity contribution in [2.75, 3.05) is 5.73 Å². The normalized spacial score (nSPS) is 18.0. The number of hydrogen-bond acceptors (Lipinski definition) is 4. The van der Waals surface area contributed by atoms with Crippen molar-refractivity contribution in [3.63, 3.8) is 0 Å². The number of fused-ring (bicyclic) bond motifs is 1. The fourth-order valence-corrected chi connectivity index (χ4v) is 3.10. The Morgan fingerprint density at radius 1 is 1.42 bits per heavy atom. The largest absolute Gasteiger partial charge is 0.481 e. The molecule has 0 bridgehead atoms. The number of ketones is 1. The van der Waals surface area contributed by atoms with Gasteiger partial charge in [-0.3, -0.25) is 4.79 Å². The summed E-state index contributed by atoms with van der Waals surface area (Å²) in [6.45, 7) is 3.91. The van der Waals surface area contributed by atoms with E-state index in [0.29, 0.717) is 23.4 Å². The van der Waals surface area contributed by atoms with E-state index in [1.807, 2.05) is 37.4 Å². The fourth-order valence-electron chi connectivity index (χ4n) is 2.35. The number of hydrogen-bond donors (Lipinski definition) is 1. The summed E-state index contributed by atoms with van der Waals surface area (Å²) in [5.74, 6) is 0.659. The van der Waals surface area contributed by atoms with E-state index in [9.17, 15) is 4.79 Å². The van der Waals surface area contributed by atoms with E-state index in [1.165, 1.54) is 0 Å². The molecule has 0 amide bonds. The zero-order valence-corrected chi connectivity index (χ0v) is 11.7. The first-order valence-corrected chi connectivity index (χ1v) is 7.09. The lowest BCUT2D eigenvalue weighted by Gasteiger charge is -2.27. The average Bonchev–Trinajstić information content (AvgIpc) is 2.91. The van der Waals surface area contributed by atoms with Gasteiger partial charge in [-0.05, 0) is 42.5 Å². The van der Waals surface area contributed by atoms with Crippen LogP contribution in [0.15, 0.2) is 23.6 Å². The van der Waals surface area contributed by atoms with Gasteiger partial charge < -0.3 is 10.5 Å². The molecule has 19 heavy (non-hydrogen) atoms. The summed E-state index contributed by atoms with van der Waals surface area (Å²) >= 11 is 1.60. The predicted octanol–water partition coefficient (Wildman–Crippen LogP) is 3.65. The van der Waals surface area contributed by atoms with Crippen LogP contribution in [0.25, 0.3) is 0 Å². The van der Waals surface area contributed by atoms with Gasteiger partial charge in [-0.15, -0.1) is 11.3 Å². The Kier molecular flexibility index (Phi) is 2.82. The molecule has 3 rings (SSSR count). The van der Waals surface area contributed by atoms with Crippen molar-refractivity contribution in [3.8, 4) is 5.75 Å². The van der Waals surface area contributed by atoms with Crippen molar-refractivity contribution < 1.29 is 9.53 Å². The molecule has 1 atom stereocenters.